The molecule has 0 unspecified atom stereocenters. The Morgan fingerprint density at radius 1 is 0.688 bits per heavy atom. The van der Waals surface area contributed by atoms with Gasteiger partial charge in [0.05, 0.1) is 19.6 Å². The van der Waals surface area contributed by atoms with Crippen LogP contribution in [0.3, 0.4) is 0 Å². The molecule has 0 aliphatic heterocycles. The number of hydrogen-bond donors (Lipinski definition) is 0. The summed E-state index contributed by atoms with van der Waals surface area (Å²) in [6, 6.07) is 0. The van der Waals surface area contributed by atoms with Crippen molar-refractivity contribution in [2.45, 2.75) is 20.8 Å². The summed E-state index contributed by atoms with van der Waals surface area (Å²) in [6.45, 7) is 11.4. The lowest BCUT2D eigenvalue weighted by Gasteiger charge is -2.19. The van der Waals surface area contributed by atoms with Gasteiger partial charge >= 0.3 is 0 Å². The average Bonchev–Trinajstić information content (AvgIpc) is 2.29. The van der Waals surface area contributed by atoms with Gasteiger partial charge in [-0.05, 0) is 39.4 Å². The molecular formula is C12H24N4. The summed E-state index contributed by atoms with van der Waals surface area (Å²) in [6.07, 6.45) is 5.56. The number of aliphatic imine (C=N–C) groups is 3. The number of hydrogen-bond acceptors (Lipinski definition) is 4. The highest BCUT2D eigenvalue weighted by Crippen LogP contribution is 1.90. The summed E-state index contributed by atoms with van der Waals surface area (Å²) in [5.74, 6) is 0. The van der Waals surface area contributed by atoms with Crippen LogP contribution in [0.25, 0.3) is 0 Å². The Kier molecular flexibility index (Phi) is 11.3. The third-order valence-electron chi connectivity index (χ3n) is 2.18. The van der Waals surface area contributed by atoms with Gasteiger partial charge in [-0.1, -0.05) is 0 Å². The summed E-state index contributed by atoms with van der Waals surface area (Å²) < 4.78 is 0. The fourth-order valence-corrected chi connectivity index (χ4v) is 1.32. The topological polar surface area (TPSA) is 40.3 Å². The van der Waals surface area contributed by atoms with Crippen LogP contribution in [0.1, 0.15) is 20.8 Å². The summed E-state index contributed by atoms with van der Waals surface area (Å²) in [4.78, 5) is 15.0. The zero-order chi connectivity index (χ0) is 12.1. The van der Waals surface area contributed by atoms with Gasteiger partial charge in [-0.3, -0.25) is 19.9 Å². The van der Waals surface area contributed by atoms with E-state index in [0.717, 1.165) is 39.3 Å². The Morgan fingerprint density at radius 3 is 1.25 bits per heavy atom. The third kappa shape index (κ3) is 9.52. The molecule has 0 aromatic rings. The lowest BCUT2D eigenvalue weighted by atomic mass is 10.4. The molecule has 0 aromatic heterocycles. The Labute approximate surface area is 99.2 Å². The Bertz CT molecular complexity index is 183. The molecule has 0 rings (SSSR count). The van der Waals surface area contributed by atoms with Crippen molar-refractivity contribution in [3.63, 3.8) is 0 Å². The molecule has 0 radical (unpaired) electrons. The van der Waals surface area contributed by atoms with E-state index in [9.17, 15) is 0 Å². The maximum Gasteiger partial charge on any atom is 0.0512 e. The van der Waals surface area contributed by atoms with Crippen molar-refractivity contribution in [3.05, 3.63) is 0 Å². The first-order valence-electron chi connectivity index (χ1n) is 5.90. The summed E-state index contributed by atoms with van der Waals surface area (Å²) >= 11 is 0. The molecule has 0 amide bonds. The van der Waals surface area contributed by atoms with E-state index >= 15 is 0 Å². The van der Waals surface area contributed by atoms with Gasteiger partial charge in [0.2, 0.25) is 0 Å². The molecule has 0 fully saturated rings. The van der Waals surface area contributed by atoms with Crippen LogP contribution in [-0.2, 0) is 0 Å². The largest absolute Gasteiger partial charge is 0.298 e. The normalized spacial score (nSPS) is 12.8. The van der Waals surface area contributed by atoms with E-state index in [2.05, 4.69) is 19.9 Å². The standard InChI is InChI=1S/C12H24N4/c1-4-13-7-10-16(11-8-14-5-2)12-9-15-6-3/h4-6H,7-12H2,1-3H3. The molecule has 0 saturated carbocycles. The van der Waals surface area contributed by atoms with Crippen molar-refractivity contribution in [3.8, 4) is 0 Å². The predicted molar refractivity (Wildman–Crippen MR) is 73.5 cm³/mol. The first kappa shape index (κ1) is 15.0. The van der Waals surface area contributed by atoms with Crippen molar-refractivity contribution in [1.82, 2.24) is 4.90 Å². The number of nitrogens with zero attached hydrogens (tertiary/aromatic N) is 4. The van der Waals surface area contributed by atoms with Gasteiger partial charge in [-0.25, -0.2) is 0 Å². The lowest BCUT2D eigenvalue weighted by Crippen LogP contribution is -2.31. The smallest absolute Gasteiger partial charge is 0.0512 e. The second kappa shape index (κ2) is 12.0. The third-order valence-corrected chi connectivity index (χ3v) is 2.18. The first-order valence-corrected chi connectivity index (χ1v) is 5.90. The van der Waals surface area contributed by atoms with Gasteiger partial charge in [0, 0.05) is 19.6 Å². The maximum absolute atomic E-state index is 4.22. The maximum atomic E-state index is 4.22. The average molecular weight is 224 g/mol. The predicted octanol–water partition coefficient (Wildman–Crippen LogP) is 1.56. The highest BCUT2D eigenvalue weighted by Gasteiger charge is 2.02. The van der Waals surface area contributed by atoms with Crippen LogP contribution in [-0.4, -0.2) is 62.8 Å². The minimum absolute atomic E-state index is 0.863. The van der Waals surface area contributed by atoms with Crippen molar-refractivity contribution < 1.29 is 0 Å². The van der Waals surface area contributed by atoms with Crippen molar-refractivity contribution in [2.24, 2.45) is 15.0 Å². The molecule has 4 nitrogen and oxygen atoms in total. The zero-order valence-electron chi connectivity index (χ0n) is 10.8. The molecule has 0 spiro atoms. The van der Waals surface area contributed by atoms with Crippen LogP contribution >= 0.6 is 0 Å². The van der Waals surface area contributed by atoms with Crippen LogP contribution in [0, 0.1) is 0 Å². The minimum atomic E-state index is 0.863. The second-order valence-electron chi connectivity index (χ2n) is 3.33. The SMILES string of the molecule is CC=NCCN(CCN=CC)CCN=CC. The second-order valence-corrected chi connectivity index (χ2v) is 3.33. The van der Waals surface area contributed by atoms with Gasteiger partial charge in [0.25, 0.3) is 0 Å². The summed E-state index contributed by atoms with van der Waals surface area (Å²) in [7, 11) is 0. The Hall–Kier alpha value is -1.03. The van der Waals surface area contributed by atoms with E-state index < -0.39 is 0 Å². The van der Waals surface area contributed by atoms with E-state index in [4.69, 9.17) is 0 Å². The van der Waals surface area contributed by atoms with Gasteiger partial charge in [0.15, 0.2) is 0 Å². The fraction of sp³-hybridized carbons (Fsp3) is 0.750. The van der Waals surface area contributed by atoms with Crippen LogP contribution in [0.5, 0.6) is 0 Å². The molecule has 0 aromatic carbocycles. The number of rotatable bonds is 9. The molecule has 0 saturated heterocycles. The van der Waals surface area contributed by atoms with Gasteiger partial charge in [-0.2, -0.15) is 0 Å². The molecule has 92 valence electrons. The highest BCUT2D eigenvalue weighted by molar-refractivity contribution is 5.53. The monoisotopic (exact) mass is 224 g/mol. The van der Waals surface area contributed by atoms with Gasteiger partial charge < -0.3 is 0 Å². The summed E-state index contributed by atoms with van der Waals surface area (Å²) in [5.41, 5.74) is 0. The van der Waals surface area contributed by atoms with E-state index in [1.807, 2.05) is 39.4 Å². The summed E-state index contributed by atoms with van der Waals surface area (Å²) in [5, 5.41) is 0. The first-order chi connectivity index (χ1) is 7.85. The Morgan fingerprint density at radius 2 is 1.00 bits per heavy atom. The molecular weight excluding hydrogens is 200 g/mol. The molecule has 0 aliphatic carbocycles. The van der Waals surface area contributed by atoms with Crippen molar-refractivity contribution in [1.29, 1.82) is 0 Å². The molecule has 0 heterocycles. The van der Waals surface area contributed by atoms with Crippen LogP contribution < -0.4 is 0 Å². The van der Waals surface area contributed by atoms with Gasteiger partial charge in [0.1, 0.15) is 0 Å². The van der Waals surface area contributed by atoms with Gasteiger partial charge in [-0.15, -0.1) is 0 Å². The van der Waals surface area contributed by atoms with E-state index in [1.165, 1.54) is 0 Å². The molecule has 0 N–H and O–H groups in total. The molecule has 4 heteroatoms. The molecule has 0 atom stereocenters. The Balaban J connectivity index is 3.84. The van der Waals surface area contributed by atoms with E-state index in [-0.39, 0.29) is 0 Å². The van der Waals surface area contributed by atoms with E-state index in [1.54, 1.807) is 0 Å². The van der Waals surface area contributed by atoms with Crippen molar-refractivity contribution >= 4 is 18.6 Å². The van der Waals surface area contributed by atoms with Crippen LogP contribution in [0.15, 0.2) is 15.0 Å². The van der Waals surface area contributed by atoms with Crippen LogP contribution in [0.2, 0.25) is 0 Å². The molecule has 16 heavy (non-hydrogen) atoms. The molecule has 0 aliphatic rings. The van der Waals surface area contributed by atoms with Crippen LogP contribution in [0.4, 0.5) is 0 Å². The quantitative estimate of drug-likeness (QED) is 0.548. The molecule has 0 bridgehead atoms. The zero-order valence-corrected chi connectivity index (χ0v) is 10.8. The fourth-order valence-electron chi connectivity index (χ4n) is 1.32. The van der Waals surface area contributed by atoms with Crippen molar-refractivity contribution in [2.75, 3.05) is 39.3 Å². The van der Waals surface area contributed by atoms with E-state index in [0.29, 0.717) is 0 Å². The highest BCUT2D eigenvalue weighted by atomic mass is 15.1. The minimum Gasteiger partial charge on any atom is -0.298 e. The lowest BCUT2D eigenvalue weighted by molar-refractivity contribution is 0.298.